The Hall–Kier alpha value is -5.43. The van der Waals surface area contributed by atoms with Gasteiger partial charge in [0, 0.05) is 39.7 Å². The summed E-state index contributed by atoms with van der Waals surface area (Å²) in [6, 6.07) is 34.7. The van der Waals surface area contributed by atoms with Crippen molar-refractivity contribution in [3.8, 4) is 6.07 Å². The fraction of sp³-hybridized carbons (Fsp3) is 0.128. The first-order valence-corrected chi connectivity index (χ1v) is 17.5. The zero-order valence-electron chi connectivity index (χ0n) is 26.3. The maximum atomic E-state index is 14.5. The molecule has 0 spiro atoms. The number of ether oxygens (including phenoxy) is 1. The number of benzene rings is 4. The lowest BCUT2D eigenvalue weighted by atomic mass is 9.93. The van der Waals surface area contributed by atoms with Crippen molar-refractivity contribution in [1.29, 1.82) is 5.26 Å². The molecule has 0 radical (unpaired) electrons. The molecule has 0 aliphatic carbocycles. The van der Waals surface area contributed by atoms with Gasteiger partial charge in [0.25, 0.3) is 5.56 Å². The fourth-order valence-corrected chi connectivity index (χ4v) is 7.56. The highest BCUT2D eigenvalue weighted by atomic mass is 32.2. The third kappa shape index (κ3) is 5.70. The van der Waals surface area contributed by atoms with Gasteiger partial charge in [-0.3, -0.25) is 9.36 Å². The lowest BCUT2D eigenvalue weighted by Crippen LogP contribution is -2.40. The quantitative estimate of drug-likeness (QED) is 0.136. The Balaban J connectivity index is 1.45. The molecule has 3 heterocycles. The smallest absolute Gasteiger partial charge is 0.338 e. The summed E-state index contributed by atoms with van der Waals surface area (Å²) in [5.41, 5.74) is 5.55. The minimum absolute atomic E-state index is 0.190. The third-order valence-corrected chi connectivity index (χ3v) is 10.1. The molecule has 1 atom stereocenters. The predicted octanol–water partition coefficient (Wildman–Crippen LogP) is 6.53. The summed E-state index contributed by atoms with van der Waals surface area (Å²) in [4.78, 5) is 34.8. The van der Waals surface area contributed by atoms with Gasteiger partial charge in [0.15, 0.2) is 4.80 Å². The summed E-state index contributed by atoms with van der Waals surface area (Å²) in [6.45, 7) is 2.47. The zero-order valence-corrected chi connectivity index (χ0v) is 27.9. The van der Waals surface area contributed by atoms with Crippen molar-refractivity contribution in [2.24, 2.45) is 4.99 Å². The number of nitrogens with zero attached hydrogens (tertiary/aromatic N) is 4. The first-order valence-electron chi connectivity index (χ1n) is 15.5. The molecule has 1 aliphatic heterocycles. The Kier molecular flexibility index (Phi) is 8.68. The van der Waals surface area contributed by atoms with Crippen molar-refractivity contribution < 1.29 is 9.53 Å². The lowest BCUT2D eigenvalue weighted by Gasteiger charge is -2.26. The van der Waals surface area contributed by atoms with Gasteiger partial charge >= 0.3 is 5.97 Å². The van der Waals surface area contributed by atoms with Crippen LogP contribution in [0.2, 0.25) is 0 Å². The number of carbonyl (C=O) groups is 1. The molecule has 48 heavy (non-hydrogen) atoms. The minimum Gasteiger partial charge on any atom is -0.463 e. The van der Waals surface area contributed by atoms with E-state index in [2.05, 4.69) is 10.6 Å². The minimum atomic E-state index is -0.739. The van der Waals surface area contributed by atoms with Crippen LogP contribution in [-0.4, -0.2) is 28.0 Å². The number of rotatable bonds is 8. The number of para-hydroxylation sites is 1. The van der Waals surface area contributed by atoms with Gasteiger partial charge in [0.05, 0.1) is 40.1 Å². The summed E-state index contributed by atoms with van der Waals surface area (Å²) in [6.07, 6.45) is 5.94. The second kappa shape index (κ2) is 13.4. The van der Waals surface area contributed by atoms with Crippen molar-refractivity contribution >= 4 is 51.7 Å². The fourth-order valence-electron chi connectivity index (χ4n) is 6.16. The summed E-state index contributed by atoms with van der Waals surface area (Å²) in [5, 5.41) is 10.7. The Labute approximate surface area is 285 Å². The highest BCUT2D eigenvalue weighted by molar-refractivity contribution is 7.98. The van der Waals surface area contributed by atoms with Crippen LogP contribution in [0.1, 0.15) is 40.8 Å². The van der Waals surface area contributed by atoms with Crippen LogP contribution in [0.5, 0.6) is 0 Å². The molecule has 4 aromatic carbocycles. The van der Waals surface area contributed by atoms with Gasteiger partial charge < -0.3 is 9.30 Å². The van der Waals surface area contributed by atoms with Gasteiger partial charge in [0.2, 0.25) is 0 Å². The average Bonchev–Trinajstić information content (AvgIpc) is 3.64. The molecule has 0 saturated carbocycles. The largest absolute Gasteiger partial charge is 0.463 e. The molecule has 7 nitrogen and oxygen atoms in total. The number of thioether (sulfide) groups is 1. The number of fused-ring (bicyclic) bond motifs is 2. The van der Waals surface area contributed by atoms with Crippen LogP contribution in [0.4, 0.5) is 0 Å². The van der Waals surface area contributed by atoms with E-state index in [1.807, 2.05) is 122 Å². The molecule has 6 aromatic rings. The highest BCUT2D eigenvalue weighted by Gasteiger charge is 2.35. The van der Waals surface area contributed by atoms with Crippen molar-refractivity contribution in [1.82, 2.24) is 9.13 Å². The van der Waals surface area contributed by atoms with Crippen LogP contribution in [0.15, 0.2) is 130 Å². The normalized spacial score (nSPS) is 14.4. The molecular formula is C39H30N4O3S2. The van der Waals surface area contributed by atoms with Crippen LogP contribution in [0.25, 0.3) is 22.7 Å². The Morgan fingerprint density at radius 3 is 2.48 bits per heavy atom. The van der Waals surface area contributed by atoms with E-state index in [1.165, 1.54) is 11.3 Å². The third-order valence-electron chi connectivity index (χ3n) is 8.39. The Morgan fingerprint density at radius 2 is 1.73 bits per heavy atom. The van der Waals surface area contributed by atoms with E-state index in [9.17, 15) is 14.9 Å². The molecule has 0 saturated heterocycles. The Morgan fingerprint density at radius 1 is 1.00 bits per heavy atom. The number of hydrogen-bond acceptors (Lipinski definition) is 7. The van der Waals surface area contributed by atoms with E-state index >= 15 is 0 Å². The van der Waals surface area contributed by atoms with E-state index in [0.717, 1.165) is 38.1 Å². The standard InChI is InChI=1S/C39H30N4O3S2/c1-3-46-38(45)34-35(25-11-5-4-6-12-25)41-39-43(36(34)26-17-19-30(47-2)20-18-26)37(44)33(48-39)21-29-24-42(32-16-10-9-15-31(29)32)23-28-14-8-7-13-27(28)22-40/h4-21,24,36H,3,23H2,1-2H3/b33-21+/t36-/m0/s1. The second-order valence-electron chi connectivity index (χ2n) is 11.2. The maximum absolute atomic E-state index is 14.5. The predicted molar refractivity (Wildman–Crippen MR) is 191 cm³/mol. The SMILES string of the molecule is CCOC(=O)C1=C(c2ccccc2)N=c2s/c(=C/c3cn(Cc4ccccc4C#N)c4ccccc34)c(=O)n2[C@H]1c1ccc(SC)cc1. The molecule has 7 rings (SSSR count). The van der Waals surface area contributed by atoms with E-state index in [-0.39, 0.29) is 12.2 Å². The lowest BCUT2D eigenvalue weighted by molar-refractivity contribution is -0.138. The van der Waals surface area contributed by atoms with E-state index in [1.54, 1.807) is 23.3 Å². The summed E-state index contributed by atoms with van der Waals surface area (Å²) in [7, 11) is 0. The average molecular weight is 667 g/mol. The van der Waals surface area contributed by atoms with Crippen molar-refractivity contribution in [2.75, 3.05) is 12.9 Å². The van der Waals surface area contributed by atoms with Gasteiger partial charge in [-0.1, -0.05) is 90.2 Å². The summed E-state index contributed by atoms with van der Waals surface area (Å²) >= 11 is 2.93. The number of hydrogen-bond donors (Lipinski definition) is 0. The molecule has 1 aliphatic rings. The van der Waals surface area contributed by atoms with Gasteiger partial charge in [-0.05, 0) is 54.6 Å². The molecule has 9 heteroatoms. The van der Waals surface area contributed by atoms with E-state index < -0.39 is 12.0 Å². The van der Waals surface area contributed by atoms with Crippen LogP contribution >= 0.6 is 23.1 Å². The maximum Gasteiger partial charge on any atom is 0.338 e. The zero-order chi connectivity index (χ0) is 33.2. The van der Waals surface area contributed by atoms with Gasteiger partial charge in [0.1, 0.15) is 0 Å². The Bertz CT molecular complexity index is 2430. The highest BCUT2D eigenvalue weighted by Crippen LogP contribution is 2.36. The van der Waals surface area contributed by atoms with Crippen molar-refractivity contribution in [3.05, 3.63) is 162 Å². The monoisotopic (exact) mass is 666 g/mol. The molecule has 0 N–H and O–H groups in total. The molecule has 2 aromatic heterocycles. The first kappa shape index (κ1) is 31.2. The number of aromatic nitrogens is 2. The molecule has 0 unspecified atom stereocenters. The number of carbonyl (C=O) groups excluding carboxylic acids is 1. The van der Waals surface area contributed by atoms with Crippen LogP contribution < -0.4 is 14.9 Å². The number of esters is 1. The topological polar surface area (TPSA) is 89.4 Å². The van der Waals surface area contributed by atoms with Gasteiger partial charge in [-0.25, -0.2) is 9.79 Å². The molecular weight excluding hydrogens is 637 g/mol. The molecule has 236 valence electrons. The van der Waals surface area contributed by atoms with Crippen molar-refractivity contribution in [2.45, 2.75) is 24.4 Å². The van der Waals surface area contributed by atoms with Gasteiger partial charge in [-0.2, -0.15) is 5.26 Å². The molecule has 0 bridgehead atoms. The van der Waals surface area contributed by atoms with E-state index in [0.29, 0.717) is 32.7 Å². The molecule has 0 amide bonds. The van der Waals surface area contributed by atoms with Crippen molar-refractivity contribution in [3.63, 3.8) is 0 Å². The van der Waals surface area contributed by atoms with Crippen LogP contribution in [-0.2, 0) is 16.1 Å². The second-order valence-corrected chi connectivity index (χ2v) is 13.1. The molecule has 0 fully saturated rings. The summed E-state index contributed by atoms with van der Waals surface area (Å²) < 4.78 is 9.84. The number of thiazole rings is 1. The van der Waals surface area contributed by atoms with E-state index in [4.69, 9.17) is 9.73 Å². The first-order chi connectivity index (χ1) is 23.5. The van der Waals surface area contributed by atoms with Crippen LogP contribution in [0.3, 0.4) is 0 Å². The summed E-state index contributed by atoms with van der Waals surface area (Å²) in [5.74, 6) is -0.506. The van der Waals surface area contributed by atoms with Gasteiger partial charge in [-0.15, -0.1) is 11.8 Å². The van der Waals surface area contributed by atoms with Crippen LogP contribution in [0, 0.1) is 11.3 Å². The number of nitriles is 1.